The van der Waals surface area contributed by atoms with Crippen LogP contribution in [0.2, 0.25) is 5.02 Å². The van der Waals surface area contributed by atoms with Gasteiger partial charge in [-0.1, -0.05) is 11.6 Å². The average Bonchev–Trinajstić information content (AvgIpc) is 2.78. The molecule has 0 fully saturated rings. The van der Waals surface area contributed by atoms with Gasteiger partial charge in [0, 0.05) is 0 Å². The maximum absolute atomic E-state index is 14.2. The van der Waals surface area contributed by atoms with Crippen LogP contribution in [0, 0.1) is 15.9 Å². The van der Waals surface area contributed by atoms with Crippen LogP contribution < -0.4 is 4.72 Å². The maximum Gasteiger partial charge on any atom is 0.416 e. The molecule has 8 nitrogen and oxygen atoms in total. The Balaban J connectivity index is 2.73. The van der Waals surface area contributed by atoms with Crippen LogP contribution in [0.1, 0.15) is 5.56 Å². The standard InChI is InChI=1S/C11H7ClF4N4O4S/c1-25(23,24)18-10-8(20(21)22)4-17-19(10)9-6(12)2-5(3-7(9)13)11(14,15)16/h2-4,18H,1H3. The highest BCUT2D eigenvalue weighted by Gasteiger charge is 2.34. The highest BCUT2D eigenvalue weighted by atomic mass is 35.5. The van der Waals surface area contributed by atoms with Crippen molar-refractivity contribution in [1.29, 1.82) is 0 Å². The molecule has 0 aliphatic carbocycles. The molecule has 2 rings (SSSR count). The molecule has 0 aliphatic heterocycles. The van der Waals surface area contributed by atoms with Crippen molar-refractivity contribution in [3.8, 4) is 5.69 Å². The van der Waals surface area contributed by atoms with Crippen LogP contribution in [-0.4, -0.2) is 29.4 Å². The van der Waals surface area contributed by atoms with Gasteiger partial charge in [0.25, 0.3) is 0 Å². The largest absolute Gasteiger partial charge is 0.416 e. The molecule has 0 atom stereocenters. The fraction of sp³-hybridized carbons (Fsp3) is 0.182. The summed E-state index contributed by atoms with van der Waals surface area (Å²) in [5.74, 6) is -2.29. The summed E-state index contributed by atoms with van der Waals surface area (Å²) in [5.41, 5.74) is -3.02. The number of sulfonamides is 1. The Morgan fingerprint density at radius 2 is 1.96 bits per heavy atom. The average molecular weight is 403 g/mol. The van der Waals surface area contributed by atoms with Gasteiger partial charge in [-0.3, -0.25) is 14.8 Å². The molecular formula is C11H7ClF4N4O4S. The zero-order valence-electron chi connectivity index (χ0n) is 12.0. The first-order valence-corrected chi connectivity index (χ1v) is 8.35. The normalized spacial score (nSPS) is 12.2. The van der Waals surface area contributed by atoms with Crippen LogP contribution in [0.3, 0.4) is 0 Å². The van der Waals surface area contributed by atoms with E-state index in [1.165, 1.54) is 0 Å². The minimum absolute atomic E-state index is 0.110. The van der Waals surface area contributed by atoms with E-state index in [4.69, 9.17) is 11.6 Å². The lowest BCUT2D eigenvalue weighted by atomic mass is 10.2. The number of benzene rings is 1. The molecule has 0 saturated carbocycles. The molecule has 0 spiro atoms. The molecule has 1 N–H and O–H groups in total. The van der Waals surface area contributed by atoms with Crippen molar-refractivity contribution >= 4 is 33.1 Å². The minimum Gasteiger partial charge on any atom is -0.262 e. The Bertz CT molecular complexity index is 934. The van der Waals surface area contributed by atoms with E-state index in [1.54, 1.807) is 4.72 Å². The summed E-state index contributed by atoms with van der Waals surface area (Å²) in [5, 5.41) is 13.6. The smallest absolute Gasteiger partial charge is 0.262 e. The highest BCUT2D eigenvalue weighted by Crippen LogP contribution is 2.37. The number of halogens is 5. The molecule has 0 unspecified atom stereocenters. The first kappa shape index (κ1) is 18.9. The number of hydrogen-bond acceptors (Lipinski definition) is 5. The first-order chi connectivity index (χ1) is 11.3. The van der Waals surface area contributed by atoms with Crippen molar-refractivity contribution in [2.75, 3.05) is 11.0 Å². The highest BCUT2D eigenvalue weighted by molar-refractivity contribution is 7.92. The predicted octanol–water partition coefficient (Wildman–Crippen LogP) is 2.96. The van der Waals surface area contributed by atoms with E-state index < -0.39 is 54.7 Å². The topological polar surface area (TPSA) is 107 Å². The number of aromatic nitrogens is 2. The lowest BCUT2D eigenvalue weighted by Crippen LogP contribution is -2.16. The number of nitrogens with zero attached hydrogens (tertiary/aromatic N) is 3. The molecule has 1 aromatic heterocycles. The second kappa shape index (κ2) is 6.15. The second-order valence-electron chi connectivity index (χ2n) is 4.71. The van der Waals surface area contributed by atoms with Gasteiger partial charge in [0.05, 0.1) is 21.8 Å². The Kier molecular flexibility index (Phi) is 4.65. The summed E-state index contributed by atoms with van der Waals surface area (Å²) < 4.78 is 77.0. The molecule has 2 aromatic rings. The van der Waals surface area contributed by atoms with E-state index in [0.717, 1.165) is 0 Å². The third kappa shape index (κ3) is 3.99. The molecular weight excluding hydrogens is 396 g/mol. The summed E-state index contributed by atoms with van der Waals surface area (Å²) >= 11 is 5.66. The van der Waals surface area contributed by atoms with E-state index >= 15 is 0 Å². The SMILES string of the molecule is CS(=O)(=O)Nc1c([N+](=O)[O-])cnn1-c1c(F)cc(C(F)(F)F)cc1Cl. The zero-order chi connectivity index (χ0) is 19.2. The minimum atomic E-state index is -4.88. The Hall–Kier alpha value is -2.41. The van der Waals surface area contributed by atoms with Crippen molar-refractivity contribution in [2.24, 2.45) is 0 Å². The third-order valence-electron chi connectivity index (χ3n) is 2.78. The van der Waals surface area contributed by atoms with Gasteiger partial charge in [-0.2, -0.15) is 18.3 Å². The molecule has 1 aromatic carbocycles. The summed E-state index contributed by atoms with van der Waals surface area (Å²) in [7, 11) is -4.05. The van der Waals surface area contributed by atoms with Crippen molar-refractivity contribution in [3.63, 3.8) is 0 Å². The van der Waals surface area contributed by atoms with Gasteiger partial charge >= 0.3 is 11.9 Å². The first-order valence-electron chi connectivity index (χ1n) is 6.08. The van der Waals surface area contributed by atoms with Crippen molar-refractivity contribution < 1.29 is 30.9 Å². The van der Waals surface area contributed by atoms with E-state index in [-0.39, 0.29) is 6.07 Å². The number of alkyl halides is 3. The number of rotatable bonds is 4. The molecule has 0 bridgehead atoms. The molecule has 0 amide bonds. The van der Waals surface area contributed by atoms with Gasteiger partial charge in [-0.05, 0) is 12.1 Å². The lowest BCUT2D eigenvalue weighted by Gasteiger charge is -2.13. The summed E-state index contributed by atoms with van der Waals surface area (Å²) in [4.78, 5) is 9.94. The second-order valence-corrected chi connectivity index (χ2v) is 6.86. The van der Waals surface area contributed by atoms with Crippen molar-refractivity contribution in [1.82, 2.24) is 9.78 Å². The number of nitro groups is 1. The van der Waals surface area contributed by atoms with Gasteiger partial charge in [-0.25, -0.2) is 17.5 Å². The van der Waals surface area contributed by atoms with Gasteiger partial charge in [0.2, 0.25) is 15.8 Å². The molecule has 1 heterocycles. The van der Waals surface area contributed by atoms with Crippen LogP contribution in [-0.2, 0) is 16.2 Å². The van der Waals surface area contributed by atoms with Crippen LogP contribution in [0.15, 0.2) is 18.3 Å². The van der Waals surface area contributed by atoms with E-state index in [9.17, 15) is 36.1 Å². The van der Waals surface area contributed by atoms with Crippen LogP contribution in [0.25, 0.3) is 5.69 Å². The fourth-order valence-corrected chi connectivity index (χ4v) is 2.68. The maximum atomic E-state index is 14.2. The molecule has 0 saturated heterocycles. The van der Waals surface area contributed by atoms with Crippen molar-refractivity contribution in [3.05, 3.63) is 44.8 Å². The summed E-state index contributed by atoms with van der Waals surface area (Å²) in [6.07, 6.45) is -3.62. The van der Waals surface area contributed by atoms with E-state index in [0.29, 0.717) is 23.2 Å². The lowest BCUT2D eigenvalue weighted by molar-refractivity contribution is -0.383. The Labute approximate surface area is 142 Å². The quantitative estimate of drug-likeness (QED) is 0.480. The number of hydrogen-bond donors (Lipinski definition) is 1. The Morgan fingerprint density at radius 1 is 1.36 bits per heavy atom. The van der Waals surface area contributed by atoms with Gasteiger partial charge < -0.3 is 0 Å². The molecule has 0 aliphatic rings. The van der Waals surface area contributed by atoms with Gasteiger partial charge in [-0.15, -0.1) is 0 Å². The van der Waals surface area contributed by atoms with E-state index in [2.05, 4.69) is 5.10 Å². The summed E-state index contributed by atoms with van der Waals surface area (Å²) in [6.45, 7) is 0. The van der Waals surface area contributed by atoms with Crippen LogP contribution in [0.4, 0.5) is 29.1 Å². The monoisotopic (exact) mass is 402 g/mol. The molecule has 14 heteroatoms. The van der Waals surface area contributed by atoms with Crippen molar-refractivity contribution in [2.45, 2.75) is 6.18 Å². The summed E-state index contributed by atoms with van der Waals surface area (Å²) in [6, 6.07) is 0.497. The number of anilines is 1. The van der Waals surface area contributed by atoms with Gasteiger partial charge in [0.1, 0.15) is 11.9 Å². The fourth-order valence-electron chi connectivity index (χ4n) is 1.85. The molecule has 25 heavy (non-hydrogen) atoms. The van der Waals surface area contributed by atoms with Gasteiger partial charge in [0.15, 0.2) is 5.82 Å². The van der Waals surface area contributed by atoms with Crippen LogP contribution in [0.5, 0.6) is 0 Å². The molecule has 0 radical (unpaired) electrons. The Morgan fingerprint density at radius 3 is 2.40 bits per heavy atom. The van der Waals surface area contributed by atoms with E-state index in [1.807, 2.05) is 0 Å². The molecule has 136 valence electrons. The number of nitrogens with one attached hydrogen (secondary N) is 1. The predicted molar refractivity (Wildman–Crippen MR) is 78.7 cm³/mol. The third-order valence-corrected chi connectivity index (χ3v) is 3.64. The zero-order valence-corrected chi connectivity index (χ0v) is 13.6. The van der Waals surface area contributed by atoms with Crippen LogP contribution >= 0.6 is 11.6 Å².